The molecule has 1 aromatic heterocycles. The molecule has 1 aromatic carbocycles. The van der Waals surface area contributed by atoms with Gasteiger partial charge in [-0.15, -0.1) is 0 Å². The van der Waals surface area contributed by atoms with Gasteiger partial charge in [-0.2, -0.15) is 0 Å². The summed E-state index contributed by atoms with van der Waals surface area (Å²) in [6.07, 6.45) is 0. The number of rotatable bonds is 1. The zero-order chi connectivity index (χ0) is 12.6. The predicted molar refractivity (Wildman–Crippen MR) is 74.7 cm³/mol. The highest BCUT2D eigenvalue weighted by atomic mass is 14.7. The molecular weight excluding hydrogens is 204 g/mol. The van der Waals surface area contributed by atoms with Gasteiger partial charge in [0, 0.05) is 0 Å². The molecule has 0 spiro atoms. The molecule has 0 fully saturated rings. The Morgan fingerprint density at radius 3 is 2.06 bits per heavy atom. The Kier molecular flexibility index (Phi) is 3.10. The molecule has 1 nitrogen and oxygen atoms in total. The van der Waals surface area contributed by atoms with Crippen LogP contribution in [0.25, 0.3) is 11.3 Å². The number of pyridine rings is 1. The average Bonchev–Trinajstić information content (AvgIpc) is 2.32. The normalized spacial score (nSPS) is 10.5. The van der Waals surface area contributed by atoms with Crippen LogP contribution >= 0.6 is 0 Å². The van der Waals surface area contributed by atoms with Gasteiger partial charge in [-0.25, -0.2) is 0 Å². The molecule has 80 valence electrons. The number of benzene rings is 1. The van der Waals surface area contributed by atoms with Crippen molar-refractivity contribution in [1.29, 1.82) is 0 Å². The third-order valence-corrected chi connectivity index (χ3v) is 3.16. The molecule has 0 atom stereocenters. The lowest BCUT2D eigenvalue weighted by molar-refractivity contribution is 1.29. The molecule has 0 unspecified atom stereocenters. The van der Waals surface area contributed by atoms with Crippen LogP contribution in [0.1, 0.15) is 16.7 Å². The highest BCUT2D eigenvalue weighted by Crippen LogP contribution is 2.16. The van der Waals surface area contributed by atoms with E-state index in [1.807, 2.05) is 38.1 Å². The first kappa shape index (κ1) is 12.0. The Morgan fingerprint density at radius 1 is 0.882 bits per heavy atom. The monoisotopic (exact) mass is 217 g/mol. The van der Waals surface area contributed by atoms with Crippen LogP contribution in [0.5, 0.6) is 0 Å². The lowest BCUT2D eigenvalue weighted by Gasteiger charge is -2.14. The van der Waals surface area contributed by atoms with Crippen molar-refractivity contribution >= 4 is 26.7 Å². The molecule has 1 heterocycles. The van der Waals surface area contributed by atoms with E-state index >= 15 is 0 Å². The minimum absolute atomic E-state index is 0.548. The van der Waals surface area contributed by atoms with E-state index in [-0.39, 0.29) is 0 Å². The number of hydrogen-bond acceptors (Lipinski definition) is 1. The Hall–Kier alpha value is -1.50. The summed E-state index contributed by atoms with van der Waals surface area (Å²) in [6, 6.07) is 8.12. The van der Waals surface area contributed by atoms with E-state index in [2.05, 4.69) is 11.9 Å². The molecule has 4 radical (unpaired) electrons. The fourth-order valence-electron chi connectivity index (χ4n) is 1.77. The second-order valence-corrected chi connectivity index (χ2v) is 4.38. The maximum Gasteiger partial charge on any atom is 0.142 e. The molecule has 0 aliphatic rings. The summed E-state index contributed by atoms with van der Waals surface area (Å²) in [6.45, 7) is 5.96. The van der Waals surface area contributed by atoms with E-state index in [1.54, 1.807) is 0 Å². The van der Waals surface area contributed by atoms with Gasteiger partial charge >= 0.3 is 0 Å². The zero-order valence-electron chi connectivity index (χ0n) is 10.4. The predicted octanol–water partition coefficient (Wildman–Crippen LogP) is 1.26. The number of hydrogen-bond donors (Lipinski definition) is 0. The van der Waals surface area contributed by atoms with Crippen LogP contribution in [0.2, 0.25) is 0 Å². The van der Waals surface area contributed by atoms with Crippen molar-refractivity contribution in [2.24, 2.45) is 0 Å². The van der Waals surface area contributed by atoms with Gasteiger partial charge in [0.05, 0.1) is 5.69 Å². The summed E-state index contributed by atoms with van der Waals surface area (Å²) in [5, 5.41) is 0. The maximum atomic E-state index is 6.10. The Labute approximate surface area is 105 Å². The number of aryl methyl sites for hydroxylation is 1. The fraction of sp³-hybridized carbons (Fsp3) is 0.214. The third-order valence-electron chi connectivity index (χ3n) is 3.16. The van der Waals surface area contributed by atoms with Gasteiger partial charge in [0.15, 0.2) is 0 Å². The first-order chi connectivity index (χ1) is 8.00. The molecule has 17 heavy (non-hydrogen) atoms. The largest absolute Gasteiger partial charge is 0.265 e. The number of aromatic nitrogens is 1. The van der Waals surface area contributed by atoms with Gasteiger partial charge in [-0.05, 0) is 37.5 Å². The first-order valence-corrected chi connectivity index (χ1v) is 5.60. The van der Waals surface area contributed by atoms with Crippen molar-refractivity contribution in [2.45, 2.75) is 20.8 Å². The standard InChI is InChI=1S/C14H13B2N/c1-8-4-6-11(7-5-8)13-12(15)9(2)10(3)14(16)17-13/h4-7H,1-3H3. The summed E-state index contributed by atoms with van der Waals surface area (Å²) < 4.78 is 0. The Bertz CT molecular complexity index is 559. The lowest BCUT2D eigenvalue weighted by Crippen LogP contribution is -2.25. The first-order valence-electron chi connectivity index (χ1n) is 5.60. The lowest BCUT2D eigenvalue weighted by atomic mass is 9.82. The van der Waals surface area contributed by atoms with Crippen molar-refractivity contribution in [3.63, 3.8) is 0 Å². The minimum atomic E-state index is 0.548. The molecule has 0 amide bonds. The van der Waals surface area contributed by atoms with Crippen LogP contribution in [0, 0.1) is 20.8 Å². The molecule has 0 N–H and O–H groups in total. The highest BCUT2D eigenvalue weighted by molar-refractivity contribution is 6.38. The summed E-state index contributed by atoms with van der Waals surface area (Å²) in [5.74, 6) is 0. The van der Waals surface area contributed by atoms with Crippen LogP contribution in [-0.4, -0.2) is 20.7 Å². The van der Waals surface area contributed by atoms with Gasteiger partial charge in [0.1, 0.15) is 15.7 Å². The highest BCUT2D eigenvalue weighted by Gasteiger charge is 2.09. The molecule has 0 saturated carbocycles. The van der Waals surface area contributed by atoms with E-state index in [0.29, 0.717) is 11.1 Å². The van der Waals surface area contributed by atoms with Crippen molar-refractivity contribution < 1.29 is 0 Å². The van der Waals surface area contributed by atoms with Crippen molar-refractivity contribution in [3.8, 4) is 11.3 Å². The Morgan fingerprint density at radius 2 is 1.47 bits per heavy atom. The topological polar surface area (TPSA) is 12.9 Å². The van der Waals surface area contributed by atoms with E-state index in [1.165, 1.54) is 5.56 Å². The van der Waals surface area contributed by atoms with Crippen molar-refractivity contribution in [1.82, 2.24) is 4.98 Å². The van der Waals surface area contributed by atoms with Crippen molar-refractivity contribution in [2.75, 3.05) is 0 Å². The average molecular weight is 217 g/mol. The molecular formula is C14H13B2N. The van der Waals surface area contributed by atoms with Crippen LogP contribution in [0.3, 0.4) is 0 Å². The summed E-state index contributed by atoms with van der Waals surface area (Å²) in [4.78, 5) is 4.39. The second-order valence-electron chi connectivity index (χ2n) is 4.38. The van der Waals surface area contributed by atoms with E-state index in [4.69, 9.17) is 15.7 Å². The summed E-state index contributed by atoms with van der Waals surface area (Å²) in [7, 11) is 12.0. The van der Waals surface area contributed by atoms with Crippen LogP contribution in [0.15, 0.2) is 24.3 Å². The van der Waals surface area contributed by atoms with E-state index in [0.717, 1.165) is 22.4 Å². The zero-order valence-corrected chi connectivity index (χ0v) is 10.4. The molecule has 3 heteroatoms. The minimum Gasteiger partial charge on any atom is -0.265 e. The van der Waals surface area contributed by atoms with E-state index < -0.39 is 0 Å². The van der Waals surface area contributed by atoms with Crippen LogP contribution in [-0.2, 0) is 0 Å². The molecule has 2 rings (SSSR count). The molecule has 0 saturated heterocycles. The molecule has 0 aliphatic carbocycles. The fourth-order valence-corrected chi connectivity index (χ4v) is 1.77. The van der Waals surface area contributed by atoms with Gasteiger partial charge in [-0.3, -0.25) is 4.98 Å². The van der Waals surface area contributed by atoms with Gasteiger partial charge in [-0.1, -0.05) is 40.9 Å². The maximum absolute atomic E-state index is 6.10. The molecule has 0 aliphatic heterocycles. The smallest absolute Gasteiger partial charge is 0.142 e. The quantitative estimate of drug-likeness (QED) is 0.655. The van der Waals surface area contributed by atoms with Crippen LogP contribution in [0.4, 0.5) is 0 Å². The third kappa shape index (κ3) is 2.14. The van der Waals surface area contributed by atoms with Crippen molar-refractivity contribution in [3.05, 3.63) is 41.0 Å². The number of nitrogens with zero attached hydrogens (tertiary/aromatic N) is 1. The second kappa shape index (κ2) is 4.40. The van der Waals surface area contributed by atoms with Gasteiger partial charge in [0.25, 0.3) is 0 Å². The molecule has 0 bridgehead atoms. The van der Waals surface area contributed by atoms with E-state index in [9.17, 15) is 0 Å². The summed E-state index contributed by atoms with van der Waals surface area (Å²) >= 11 is 0. The van der Waals surface area contributed by atoms with Gasteiger partial charge in [0.2, 0.25) is 0 Å². The molecule has 2 aromatic rings. The Balaban J connectivity index is 2.64. The summed E-state index contributed by atoms with van der Waals surface area (Å²) in [5.41, 5.74) is 6.21. The van der Waals surface area contributed by atoms with Gasteiger partial charge < -0.3 is 0 Å². The van der Waals surface area contributed by atoms with Crippen LogP contribution < -0.4 is 11.1 Å². The SMILES string of the molecule is [B]c1nc(-c2ccc(C)cc2)c([B])c(C)c1C.